The molecule has 1 atom stereocenters. The zero-order valence-electron chi connectivity index (χ0n) is 13.6. The molecule has 0 bridgehead atoms. The lowest BCUT2D eigenvalue weighted by Crippen LogP contribution is -2.50. The summed E-state index contributed by atoms with van der Waals surface area (Å²) in [6, 6.07) is 4.40. The number of likely N-dealkylation sites (tertiary alicyclic amines) is 1. The van der Waals surface area contributed by atoms with Crippen LogP contribution in [-0.4, -0.2) is 69.5 Å². The number of hydrogen-bond donors (Lipinski definition) is 0. The SMILES string of the molecule is COCCN1CCOCC2(CCCN(Cc3cccs3)C2)C1. The van der Waals surface area contributed by atoms with Crippen molar-refractivity contribution in [1.82, 2.24) is 9.80 Å². The highest BCUT2D eigenvalue weighted by atomic mass is 32.1. The lowest BCUT2D eigenvalue weighted by molar-refractivity contribution is 0.00193. The van der Waals surface area contributed by atoms with Crippen LogP contribution in [0.1, 0.15) is 17.7 Å². The third-order valence-corrected chi connectivity index (χ3v) is 5.69. The van der Waals surface area contributed by atoms with Crippen LogP contribution in [0.15, 0.2) is 17.5 Å². The Kier molecular flexibility index (Phi) is 5.88. The summed E-state index contributed by atoms with van der Waals surface area (Å²) in [7, 11) is 1.79. The van der Waals surface area contributed by atoms with Crippen LogP contribution in [-0.2, 0) is 16.0 Å². The summed E-state index contributed by atoms with van der Waals surface area (Å²) in [6.45, 7) is 9.27. The second-order valence-corrected chi connectivity index (χ2v) is 7.75. The molecule has 0 N–H and O–H groups in total. The van der Waals surface area contributed by atoms with Crippen LogP contribution >= 0.6 is 11.3 Å². The number of hydrogen-bond acceptors (Lipinski definition) is 5. The Hall–Kier alpha value is -0.460. The molecule has 0 amide bonds. The summed E-state index contributed by atoms with van der Waals surface area (Å²) in [5.74, 6) is 0. The van der Waals surface area contributed by atoms with E-state index in [0.717, 1.165) is 52.5 Å². The molecule has 4 nitrogen and oxygen atoms in total. The first-order chi connectivity index (χ1) is 10.8. The third kappa shape index (κ3) is 4.30. The molecule has 2 fully saturated rings. The first-order valence-electron chi connectivity index (χ1n) is 8.33. The van der Waals surface area contributed by atoms with Gasteiger partial charge in [0, 0.05) is 50.1 Å². The predicted molar refractivity (Wildman–Crippen MR) is 90.4 cm³/mol. The van der Waals surface area contributed by atoms with Crippen molar-refractivity contribution in [2.75, 3.05) is 59.7 Å². The van der Waals surface area contributed by atoms with Crippen molar-refractivity contribution < 1.29 is 9.47 Å². The zero-order valence-corrected chi connectivity index (χ0v) is 14.4. The van der Waals surface area contributed by atoms with E-state index in [9.17, 15) is 0 Å². The molecule has 124 valence electrons. The standard InChI is InChI=1S/C17H28N2O2S/c1-20-9-7-18-8-10-21-15-17(13-18)5-3-6-19(14-17)12-16-4-2-11-22-16/h2,4,11H,3,5-10,12-15H2,1H3. The Morgan fingerprint density at radius 3 is 3.05 bits per heavy atom. The Balaban J connectivity index is 1.62. The normalized spacial score (nSPS) is 28.0. The number of nitrogens with zero attached hydrogens (tertiary/aromatic N) is 2. The molecule has 0 radical (unpaired) electrons. The fourth-order valence-corrected chi connectivity index (χ4v) is 4.55. The minimum atomic E-state index is 0.305. The van der Waals surface area contributed by atoms with Crippen LogP contribution in [0.25, 0.3) is 0 Å². The van der Waals surface area contributed by atoms with Crippen molar-refractivity contribution in [1.29, 1.82) is 0 Å². The molecule has 0 saturated carbocycles. The van der Waals surface area contributed by atoms with Crippen molar-refractivity contribution in [3.05, 3.63) is 22.4 Å². The van der Waals surface area contributed by atoms with Gasteiger partial charge in [-0.25, -0.2) is 0 Å². The zero-order chi connectivity index (χ0) is 15.3. The van der Waals surface area contributed by atoms with E-state index in [1.165, 1.54) is 24.3 Å². The molecule has 2 aliphatic heterocycles. The number of methoxy groups -OCH3 is 1. The maximum absolute atomic E-state index is 5.98. The second kappa shape index (κ2) is 7.88. The number of ether oxygens (including phenoxy) is 2. The highest BCUT2D eigenvalue weighted by Gasteiger charge is 2.38. The summed E-state index contributed by atoms with van der Waals surface area (Å²) in [5.41, 5.74) is 0.305. The lowest BCUT2D eigenvalue weighted by Gasteiger charge is -2.43. The summed E-state index contributed by atoms with van der Waals surface area (Å²) in [4.78, 5) is 6.63. The number of rotatable bonds is 5. The molecule has 1 spiro atoms. The molecule has 22 heavy (non-hydrogen) atoms. The maximum atomic E-state index is 5.98. The van der Waals surface area contributed by atoms with Gasteiger partial charge in [0.2, 0.25) is 0 Å². The van der Waals surface area contributed by atoms with Crippen molar-refractivity contribution in [2.24, 2.45) is 5.41 Å². The Bertz CT molecular complexity index is 440. The van der Waals surface area contributed by atoms with E-state index in [1.807, 2.05) is 11.3 Å². The van der Waals surface area contributed by atoms with Gasteiger partial charge in [-0.2, -0.15) is 0 Å². The van der Waals surface area contributed by atoms with Gasteiger partial charge in [0.15, 0.2) is 0 Å². The van der Waals surface area contributed by atoms with Gasteiger partial charge in [-0.15, -0.1) is 11.3 Å². The maximum Gasteiger partial charge on any atom is 0.0593 e. The Morgan fingerprint density at radius 1 is 1.32 bits per heavy atom. The van der Waals surface area contributed by atoms with Gasteiger partial charge in [-0.1, -0.05) is 6.07 Å². The van der Waals surface area contributed by atoms with Gasteiger partial charge in [-0.05, 0) is 30.8 Å². The van der Waals surface area contributed by atoms with Crippen LogP contribution in [0.2, 0.25) is 0 Å². The first kappa shape index (κ1) is 16.4. The fraction of sp³-hybridized carbons (Fsp3) is 0.765. The minimum Gasteiger partial charge on any atom is -0.383 e. The van der Waals surface area contributed by atoms with Gasteiger partial charge in [-0.3, -0.25) is 9.80 Å². The smallest absolute Gasteiger partial charge is 0.0593 e. The molecule has 3 rings (SSSR count). The van der Waals surface area contributed by atoms with Gasteiger partial charge in [0.1, 0.15) is 0 Å². The molecule has 0 aromatic carbocycles. The molecule has 0 aliphatic carbocycles. The van der Waals surface area contributed by atoms with Crippen LogP contribution in [0, 0.1) is 5.41 Å². The molecule has 1 unspecified atom stereocenters. The van der Waals surface area contributed by atoms with Crippen LogP contribution in [0.5, 0.6) is 0 Å². The van der Waals surface area contributed by atoms with Crippen molar-refractivity contribution in [3.63, 3.8) is 0 Å². The highest BCUT2D eigenvalue weighted by molar-refractivity contribution is 7.09. The van der Waals surface area contributed by atoms with E-state index in [0.29, 0.717) is 5.41 Å². The van der Waals surface area contributed by atoms with Crippen LogP contribution in [0.4, 0.5) is 0 Å². The average Bonchev–Trinajstić information content (AvgIpc) is 2.94. The van der Waals surface area contributed by atoms with Crippen molar-refractivity contribution >= 4 is 11.3 Å². The fourth-order valence-electron chi connectivity index (χ4n) is 3.81. The second-order valence-electron chi connectivity index (χ2n) is 6.72. The molecule has 1 aromatic heterocycles. The van der Waals surface area contributed by atoms with Gasteiger partial charge >= 0.3 is 0 Å². The van der Waals surface area contributed by atoms with E-state index in [1.54, 1.807) is 7.11 Å². The highest BCUT2D eigenvalue weighted by Crippen LogP contribution is 2.33. The summed E-state index contributed by atoms with van der Waals surface area (Å²) < 4.78 is 11.2. The van der Waals surface area contributed by atoms with E-state index in [2.05, 4.69) is 27.3 Å². The minimum absolute atomic E-state index is 0.305. The quantitative estimate of drug-likeness (QED) is 0.830. The van der Waals surface area contributed by atoms with E-state index >= 15 is 0 Å². The van der Waals surface area contributed by atoms with Crippen molar-refractivity contribution in [2.45, 2.75) is 19.4 Å². The predicted octanol–water partition coefficient (Wildman–Crippen LogP) is 2.31. The molecular formula is C17H28N2O2S. The molecule has 3 heterocycles. The summed E-state index contributed by atoms with van der Waals surface area (Å²) in [6.07, 6.45) is 2.57. The molecular weight excluding hydrogens is 296 g/mol. The van der Waals surface area contributed by atoms with E-state index in [-0.39, 0.29) is 0 Å². The van der Waals surface area contributed by atoms with Gasteiger partial charge in [0.25, 0.3) is 0 Å². The molecule has 2 saturated heterocycles. The number of piperidine rings is 1. The van der Waals surface area contributed by atoms with Gasteiger partial charge in [0.05, 0.1) is 19.8 Å². The van der Waals surface area contributed by atoms with E-state index in [4.69, 9.17) is 9.47 Å². The first-order valence-corrected chi connectivity index (χ1v) is 9.21. The van der Waals surface area contributed by atoms with Crippen LogP contribution in [0.3, 0.4) is 0 Å². The Labute approximate surface area is 138 Å². The Morgan fingerprint density at radius 2 is 2.23 bits per heavy atom. The van der Waals surface area contributed by atoms with Crippen LogP contribution < -0.4 is 0 Å². The van der Waals surface area contributed by atoms with Gasteiger partial charge < -0.3 is 9.47 Å². The van der Waals surface area contributed by atoms with E-state index < -0.39 is 0 Å². The average molecular weight is 324 g/mol. The monoisotopic (exact) mass is 324 g/mol. The topological polar surface area (TPSA) is 24.9 Å². The molecule has 1 aromatic rings. The summed E-state index contributed by atoms with van der Waals surface area (Å²) in [5, 5.41) is 2.18. The van der Waals surface area contributed by atoms with Crippen molar-refractivity contribution in [3.8, 4) is 0 Å². The third-order valence-electron chi connectivity index (χ3n) is 4.83. The summed E-state index contributed by atoms with van der Waals surface area (Å²) >= 11 is 1.87. The molecule has 2 aliphatic rings. The molecule has 5 heteroatoms. The number of thiophene rings is 1. The lowest BCUT2D eigenvalue weighted by atomic mass is 9.80. The largest absolute Gasteiger partial charge is 0.383 e.